The lowest BCUT2D eigenvalue weighted by Gasteiger charge is -2.24. The number of methoxy groups -OCH3 is 3. The first-order valence-corrected chi connectivity index (χ1v) is 12.1. The number of ether oxygens (including phenoxy) is 3. The fourth-order valence-electron chi connectivity index (χ4n) is 4.07. The van der Waals surface area contributed by atoms with Crippen LogP contribution in [0, 0.1) is 0 Å². The Bertz CT molecular complexity index is 1320. The van der Waals surface area contributed by atoms with Crippen LogP contribution in [0.3, 0.4) is 0 Å². The Morgan fingerprint density at radius 2 is 1.83 bits per heavy atom. The standard InChI is InChI=1S/C26H29N3O5S/c1-32-15-19(30)13-29(12-17-7-5-4-6-8-17)14-23-27-25(31)24-20(16-35-26(24)28-23)18-9-10-21(33-2)22(11-18)34-3/h4-11,16,19,30H,12-15H2,1-3H3,(H,27,28,31)/t19-/m1/s1. The largest absolute Gasteiger partial charge is 0.493 e. The number of nitrogens with one attached hydrogen (secondary N) is 1. The van der Waals surface area contributed by atoms with E-state index in [2.05, 4.69) is 4.98 Å². The summed E-state index contributed by atoms with van der Waals surface area (Å²) >= 11 is 1.42. The Hall–Kier alpha value is -3.24. The normalized spacial score (nSPS) is 12.3. The maximum Gasteiger partial charge on any atom is 0.260 e. The Morgan fingerprint density at radius 1 is 1.06 bits per heavy atom. The molecular formula is C26H29N3O5S. The lowest BCUT2D eigenvalue weighted by atomic mass is 10.1. The second kappa shape index (κ2) is 11.5. The van der Waals surface area contributed by atoms with Crippen molar-refractivity contribution in [2.24, 2.45) is 0 Å². The molecule has 0 amide bonds. The molecule has 2 N–H and O–H groups in total. The third-order valence-electron chi connectivity index (χ3n) is 5.64. The van der Waals surface area contributed by atoms with Crippen LogP contribution in [-0.2, 0) is 17.8 Å². The highest BCUT2D eigenvalue weighted by Crippen LogP contribution is 2.36. The van der Waals surface area contributed by atoms with E-state index in [1.54, 1.807) is 21.3 Å². The number of nitrogens with zero attached hydrogens (tertiary/aromatic N) is 2. The summed E-state index contributed by atoms with van der Waals surface area (Å²) in [6.07, 6.45) is -0.655. The van der Waals surface area contributed by atoms with Gasteiger partial charge in [0, 0.05) is 31.1 Å². The van der Waals surface area contributed by atoms with Crippen molar-refractivity contribution in [1.29, 1.82) is 0 Å². The van der Waals surface area contributed by atoms with E-state index < -0.39 is 6.10 Å². The third-order valence-corrected chi connectivity index (χ3v) is 6.51. The highest BCUT2D eigenvalue weighted by atomic mass is 32.1. The number of aromatic nitrogens is 2. The van der Waals surface area contributed by atoms with Gasteiger partial charge in [0.1, 0.15) is 10.7 Å². The van der Waals surface area contributed by atoms with Gasteiger partial charge in [0.05, 0.1) is 38.9 Å². The predicted octanol–water partition coefficient (Wildman–Crippen LogP) is 3.68. The molecular weight excluding hydrogens is 466 g/mol. The smallest absolute Gasteiger partial charge is 0.260 e. The number of hydrogen-bond donors (Lipinski definition) is 2. The molecule has 9 heteroatoms. The first-order valence-electron chi connectivity index (χ1n) is 11.2. The molecule has 2 aromatic heterocycles. The topological polar surface area (TPSA) is 96.9 Å². The number of rotatable bonds is 11. The maximum absolute atomic E-state index is 13.2. The van der Waals surface area contributed by atoms with Gasteiger partial charge < -0.3 is 24.3 Å². The van der Waals surface area contributed by atoms with E-state index in [0.29, 0.717) is 47.2 Å². The van der Waals surface area contributed by atoms with Gasteiger partial charge in [-0.05, 0) is 23.3 Å². The summed E-state index contributed by atoms with van der Waals surface area (Å²) in [7, 11) is 4.73. The van der Waals surface area contributed by atoms with E-state index in [0.717, 1.165) is 16.7 Å². The van der Waals surface area contributed by atoms with Crippen LogP contribution >= 0.6 is 11.3 Å². The summed E-state index contributed by atoms with van der Waals surface area (Å²) in [6, 6.07) is 15.6. The van der Waals surface area contributed by atoms with Crippen LogP contribution in [0.25, 0.3) is 21.3 Å². The van der Waals surface area contributed by atoms with Gasteiger partial charge in [0.2, 0.25) is 0 Å². The molecule has 4 aromatic rings. The molecule has 0 saturated carbocycles. The molecule has 2 aromatic carbocycles. The minimum Gasteiger partial charge on any atom is -0.493 e. The van der Waals surface area contributed by atoms with Crippen LogP contribution in [0.5, 0.6) is 11.5 Å². The SMILES string of the molecule is COC[C@H](O)CN(Cc1ccccc1)Cc1nc2scc(-c3ccc(OC)c(OC)c3)c2c(=O)[nH]1. The van der Waals surface area contributed by atoms with Crippen molar-refractivity contribution in [2.45, 2.75) is 19.2 Å². The summed E-state index contributed by atoms with van der Waals surface area (Å²) in [5.41, 5.74) is 2.55. The Labute approximate surface area is 207 Å². The van der Waals surface area contributed by atoms with E-state index in [1.807, 2.05) is 58.8 Å². The first kappa shape index (κ1) is 24.9. The molecule has 0 unspecified atom stereocenters. The van der Waals surface area contributed by atoms with Gasteiger partial charge in [-0.2, -0.15) is 0 Å². The van der Waals surface area contributed by atoms with Crippen molar-refractivity contribution >= 4 is 21.6 Å². The molecule has 0 aliphatic heterocycles. The summed E-state index contributed by atoms with van der Waals surface area (Å²) in [6.45, 7) is 1.59. The highest BCUT2D eigenvalue weighted by Gasteiger charge is 2.18. The molecule has 35 heavy (non-hydrogen) atoms. The summed E-state index contributed by atoms with van der Waals surface area (Å²) < 4.78 is 15.8. The van der Waals surface area contributed by atoms with Crippen LogP contribution < -0.4 is 15.0 Å². The van der Waals surface area contributed by atoms with Crippen LogP contribution in [0.15, 0.2) is 58.7 Å². The molecule has 0 saturated heterocycles. The van der Waals surface area contributed by atoms with Crippen LogP contribution in [-0.4, -0.2) is 60.6 Å². The average Bonchev–Trinajstić information content (AvgIpc) is 3.29. The van der Waals surface area contributed by atoms with Crippen molar-refractivity contribution < 1.29 is 19.3 Å². The summed E-state index contributed by atoms with van der Waals surface area (Å²) in [4.78, 5) is 23.6. The van der Waals surface area contributed by atoms with Gasteiger partial charge in [0.25, 0.3) is 5.56 Å². The highest BCUT2D eigenvalue weighted by molar-refractivity contribution is 7.17. The van der Waals surface area contributed by atoms with Gasteiger partial charge in [-0.1, -0.05) is 36.4 Å². The third kappa shape index (κ3) is 5.88. The van der Waals surface area contributed by atoms with Crippen LogP contribution in [0.1, 0.15) is 11.4 Å². The van der Waals surface area contributed by atoms with Crippen molar-refractivity contribution in [3.05, 3.63) is 75.7 Å². The summed E-state index contributed by atoms with van der Waals surface area (Å²) in [5.74, 6) is 1.76. The number of thiophene rings is 1. The van der Waals surface area contributed by atoms with Crippen molar-refractivity contribution in [2.75, 3.05) is 34.5 Å². The van der Waals surface area contributed by atoms with E-state index in [1.165, 1.54) is 11.3 Å². The Kier molecular flexibility index (Phi) is 8.14. The quantitative estimate of drug-likeness (QED) is 0.328. The molecule has 8 nitrogen and oxygen atoms in total. The molecule has 0 fully saturated rings. The van der Waals surface area contributed by atoms with E-state index >= 15 is 0 Å². The monoisotopic (exact) mass is 495 g/mol. The zero-order valence-corrected chi connectivity index (χ0v) is 20.8. The fraction of sp³-hybridized carbons (Fsp3) is 0.308. The summed E-state index contributed by atoms with van der Waals surface area (Å²) in [5, 5.41) is 12.8. The van der Waals surface area contributed by atoms with Crippen molar-refractivity contribution in [3.63, 3.8) is 0 Å². The molecule has 2 heterocycles. The van der Waals surface area contributed by atoms with E-state index in [9.17, 15) is 9.90 Å². The average molecular weight is 496 g/mol. The van der Waals surface area contributed by atoms with Crippen molar-refractivity contribution in [3.8, 4) is 22.6 Å². The number of aliphatic hydroxyl groups is 1. The zero-order chi connectivity index (χ0) is 24.8. The molecule has 0 spiro atoms. The van der Waals surface area contributed by atoms with Crippen molar-refractivity contribution in [1.82, 2.24) is 14.9 Å². The number of hydrogen-bond acceptors (Lipinski definition) is 8. The molecule has 0 aliphatic rings. The van der Waals surface area contributed by atoms with E-state index in [4.69, 9.17) is 19.2 Å². The second-order valence-electron chi connectivity index (χ2n) is 8.18. The number of fused-ring (bicyclic) bond motifs is 1. The fourth-order valence-corrected chi connectivity index (χ4v) is 5.03. The number of benzene rings is 2. The Balaban J connectivity index is 1.64. The molecule has 1 atom stereocenters. The molecule has 184 valence electrons. The van der Waals surface area contributed by atoms with Crippen LogP contribution in [0.2, 0.25) is 0 Å². The minimum absolute atomic E-state index is 0.201. The van der Waals surface area contributed by atoms with Crippen LogP contribution in [0.4, 0.5) is 0 Å². The second-order valence-corrected chi connectivity index (χ2v) is 9.03. The van der Waals surface area contributed by atoms with Gasteiger partial charge in [-0.3, -0.25) is 9.69 Å². The Morgan fingerprint density at radius 3 is 2.54 bits per heavy atom. The van der Waals surface area contributed by atoms with Gasteiger partial charge in [-0.25, -0.2) is 4.98 Å². The maximum atomic E-state index is 13.2. The van der Waals surface area contributed by atoms with Gasteiger partial charge in [0.15, 0.2) is 11.5 Å². The lowest BCUT2D eigenvalue weighted by Crippen LogP contribution is -2.35. The van der Waals surface area contributed by atoms with Gasteiger partial charge in [-0.15, -0.1) is 11.3 Å². The number of aliphatic hydroxyl groups excluding tert-OH is 1. The predicted molar refractivity (Wildman–Crippen MR) is 137 cm³/mol. The number of aromatic amines is 1. The lowest BCUT2D eigenvalue weighted by molar-refractivity contribution is 0.0332. The molecule has 0 radical (unpaired) electrons. The molecule has 0 bridgehead atoms. The van der Waals surface area contributed by atoms with E-state index in [-0.39, 0.29) is 12.2 Å². The zero-order valence-electron chi connectivity index (χ0n) is 20.0. The molecule has 4 rings (SSSR count). The molecule has 0 aliphatic carbocycles. The first-order chi connectivity index (χ1) is 17.0. The minimum atomic E-state index is -0.655. The van der Waals surface area contributed by atoms with Gasteiger partial charge >= 0.3 is 0 Å². The number of H-pyrrole nitrogens is 1.